The average molecular weight is 1350 g/mol. The van der Waals surface area contributed by atoms with Crippen LogP contribution in [-0.2, 0) is 26.2 Å². The van der Waals surface area contributed by atoms with E-state index in [1.165, 1.54) is 15.6 Å². The van der Waals surface area contributed by atoms with Crippen molar-refractivity contribution in [2.24, 2.45) is 11.5 Å². The van der Waals surface area contributed by atoms with E-state index in [1.54, 1.807) is 132 Å². The lowest BCUT2D eigenvalue weighted by atomic mass is 10.1. The lowest BCUT2D eigenvalue weighted by Gasteiger charge is -2.16. The number of hydrogen-bond acceptors (Lipinski definition) is 14. The zero-order chi connectivity index (χ0) is 67.1. The summed E-state index contributed by atoms with van der Waals surface area (Å²) in [6.45, 7) is 0.514. The van der Waals surface area contributed by atoms with Crippen LogP contribution < -0.4 is 33.7 Å². The molecule has 2 aromatic carbocycles. The summed E-state index contributed by atoms with van der Waals surface area (Å²) in [5.41, 5.74) is 15.6. The van der Waals surface area contributed by atoms with Gasteiger partial charge in [0.25, 0.3) is 45.9 Å². The van der Waals surface area contributed by atoms with Gasteiger partial charge in [-0.25, -0.2) is 17.6 Å². The Morgan fingerprint density at radius 2 is 0.701 bits per heavy atom. The first-order valence-electron chi connectivity index (χ1n) is 31.3. The molecule has 97 heavy (non-hydrogen) atoms. The highest BCUT2D eigenvalue weighted by Crippen LogP contribution is 2.36. The molecule has 0 radical (unpaired) electrons. The molecule has 0 atom stereocenters. The molecule has 24 nitrogen and oxygen atoms in total. The third-order valence-corrected chi connectivity index (χ3v) is 17.6. The zero-order valence-electron chi connectivity index (χ0n) is 52.1. The van der Waals surface area contributed by atoms with Crippen molar-refractivity contribution in [3.63, 3.8) is 0 Å². The second-order valence-electron chi connectivity index (χ2n) is 24.5. The first kappa shape index (κ1) is 66.3. The SMILES string of the molecule is Cl.NC/C(=C\F)Cn1cc2c(=O)n(C3CC3)ccc2n1.NC/C(=C\F)Cn1ncc2c(=O)n(C3CC3)ccc21.O=C1c2ccccc2C(=O)N1C/C(=C\F)Cn1cc2c(=O)n(C3CC3)ccc2n1.O=C1c2ccccc2C(=O)N1C/C(=C\F)Cn1ncc2c(=O)n(C3CC3)ccc21. The maximum Gasteiger partial charge on any atom is 0.261 e. The van der Waals surface area contributed by atoms with Crippen molar-refractivity contribution in [1.82, 2.24) is 67.2 Å². The van der Waals surface area contributed by atoms with E-state index in [0.29, 0.717) is 109 Å². The fourth-order valence-corrected chi connectivity index (χ4v) is 11.8. The predicted molar refractivity (Wildman–Crippen MR) is 355 cm³/mol. The fourth-order valence-electron chi connectivity index (χ4n) is 11.8. The highest BCUT2D eigenvalue weighted by atomic mass is 35.5. The molecular weight excluding hydrogens is 1280 g/mol. The second-order valence-corrected chi connectivity index (χ2v) is 24.5. The lowest BCUT2D eigenvalue weighted by Crippen LogP contribution is -2.32. The number of nitrogens with zero attached hydrogens (tertiary/aromatic N) is 14. The summed E-state index contributed by atoms with van der Waals surface area (Å²) in [4.78, 5) is 102. The van der Waals surface area contributed by atoms with Gasteiger partial charge in [0, 0.05) is 74.4 Å². The van der Waals surface area contributed by atoms with Crippen LogP contribution in [0.15, 0.2) is 189 Å². The Hall–Kier alpha value is -10.7. The Bertz CT molecular complexity index is 5020. The van der Waals surface area contributed by atoms with Crippen molar-refractivity contribution in [3.05, 3.63) is 234 Å². The van der Waals surface area contributed by atoms with Crippen LogP contribution in [0.2, 0.25) is 0 Å². The maximum absolute atomic E-state index is 13.6. The molecule has 4 saturated carbocycles. The van der Waals surface area contributed by atoms with E-state index in [1.807, 2.05) is 12.1 Å². The lowest BCUT2D eigenvalue weighted by molar-refractivity contribution is 0.0650. The minimum atomic E-state index is -0.442. The van der Waals surface area contributed by atoms with Crippen molar-refractivity contribution < 1.29 is 36.7 Å². The third kappa shape index (κ3) is 13.5. The van der Waals surface area contributed by atoms with Crippen molar-refractivity contribution in [1.29, 1.82) is 0 Å². The molecule has 8 aromatic heterocycles. The summed E-state index contributed by atoms with van der Waals surface area (Å²) in [5.74, 6) is -1.77. The highest BCUT2D eigenvalue weighted by Gasteiger charge is 2.37. The highest BCUT2D eigenvalue weighted by molar-refractivity contribution is 6.22. The van der Waals surface area contributed by atoms with Crippen LogP contribution >= 0.6 is 12.4 Å². The Kier molecular flexibility index (Phi) is 19.1. The van der Waals surface area contributed by atoms with Crippen LogP contribution in [0.1, 0.15) is 117 Å². The summed E-state index contributed by atoms with van der Waals surface area (Å²) in [5, 5.41) is 19.1. The van der Waals surface area contributed by atoms with Crippen LogP contribution in [0.4, 0.5) is 17.6 Å². The Morgan fingerprint density at radius 1 is 0.402 bits per heavy atom. The number of nitrogens with two attached hydrogens (primary N) is 2. The number of fused-ring (bicyclic) bond motifs is 6. The molecule has 16 rings (SSSR count). The molecule has 10 heterocycles. The predicted octanol–water partition coefficient (Wildman–Crippen LogP) is 8.48. The average Bonchev–Trinajstić information content (AvgIpc) is 1.68. The van der Waals surface area contributed by atoms with E-state index in [2.05, 4.69) is 20.4 Å². The molecule has 500 valence electrons. The van der Waals surface area contributed by atoms with Gasteiger partial charge in [-0.2, -0.15) is 20.4 Å². The molecule has 4 amide bonds. The minimum absolute atomic E-state index is 0. The van der Waals surface area contributed by atoms with Crippen molar-refractivity contribution >= 4 is 79.6 Å². The van der Waals surface area contributed by atoms with Crippen molar-refractivity contribution in [2.45, 2.75) is 102 Å². The normalized spacial score (nSPS) is 16.4. The van der Waals surface area contributed by atoms with Crippen LogP contribution in [0.5, 0.6) is 0 Å². The van der Waals surface area contributed by atoms with Gasteiger partial charge in [-0.1, -0.05) is 24.3 Å². The van der Waals surface area contributed by atoms with E-state index in [9.17, 15) is 55.9 Å². The van der Waals surface area contributed by atoms with Crippen LogP contribution in [0.25, 0.3) is 43.6 Å². The molecule has 29 heteroatoms. The fraction of sp³-hybridized carbons (Fsp3) is 0.294. The largest absolute Gasteiger partial charge is 0.327 e. The molecule has 2 aliphatic heterocycles. The summed E-state index contributed by atoms with van der Waals surface area (Å²) in [6, 6.07) is 21.5. The van der Waals surface area contributed by atoms with Crippen LogP contribution in [0, 0.1) is 0 Å². The van der Waals surface area contributed by atoms with Gasteiger partial charge < -0.3 is 29.7 Å². The molecule has 4 aliphatic carbocycles. The van der Waals surface area contributed by atoms with Gasteiger partial charge in [0.15, 0.2) is 0 Å². The van der Waals surface area contributed by atoms with Gasteiger partial charge in [-0.15, -0.1) is 12.4 Å². The zero-order valence-corrected chi connectivity index (χ0v) is 52.9. The molecule has 0 unspecified atom stereocenters. The number of hydrogen-bond donors (Lipinski definition) is 2. The number of imide groups is 2. The molecule has 10 aromatic rings. The van der Waals surface area contributed by atoms with Gasteiger partial charge >= 0.3 is 0 Å². The monoisotopic (exact) mass is 1340 g/mol. The number of carbonyl (C=O) groups is 4. The van der Waals surface area contributed by atoms with Gasteiger partial charge in [0.05, 0.1) is 143 Å². The number of benzene rings is 2. The molecule has 0 saturated heterocycles. The summed E-state index contributed by atoms with van der Waals surface area (Å²) < 4.78 is 65.3. The minimum Gasteiger partial charge on any atom is -0.327 e. The smallest absolute Gasteiger partial charge is 0.261 e. The Morgan fingerprint density at radius 3 is 1.03 bits per heavy atom. The van der Waals surface area contributed by atoms with Gasteiger partial charge in [-0.3, -0.25) is 66.9 Å². The summed E-state index contributed by atoms with van der Waals surface area (Å²) in [6.07, 6.45) is 23.3. The van der Waals surface area contributed by atoms with Crippen LogP contribution in [0.3, 0.4) is 0 Å². The van der Waals surface area contributed by atoms with Crippen LogP contribution in [-0.4, -0.2) is 117 Å². The first-order valence-corrected chi connectivity index (χ1v) is 31.3. The molecule has 4 N–H and O–H groups in total. The third-order valence-electron chi connectivity index (χ3n) is 17.6. The van der Waals surface area contributed by atoms with E-state index in [4.69, 9.17) is 11.5 Å². The summed E-state index contributed by atoms with van der Waals surface area (Å²) in [7, 11) is 0. The van der Waals surface area contributed by atoms with Gasteiger partial charge in [0.2, 0.25) is 0 Å². The summed E-state index contributed by atoms with van der Waals surface area (Å²) >= 11 is 0. The Labute approximate surface area is 554 Å². The molecule has 4 fully saturated rings. The first-order chi connectivity index (χ1) is 46.6. The van der Waals surface area contributed by atoms with E-state index in [-0.39, 0.29) is 110 Å². The molecule has 0 bridgehead atoms. The van der Waals surface area contributed by atoms with Crippen molar-refractivity contribution in [3.8, 4) is 0 Å². The standard InChI is InChI=1S/2C21H17FN4O3.2C13H15FN4O.ClH/c22-9-13(11-25-19(27)15-3-1-2-4-16(15)20(25)28)12-26-18-7-8-24(14-5-6-14)21(29)17(18)10-23-26;22-9-13(11-26-19(27)15-3-1-2-4-16(15)20(26)28)10-24-12-17-18(23-24)7-8-25(21(17)29)14-5-6-14;14-5-9(6-15)8-18-12-3-4-17(10-1-2-10)13(19)11(12)7-16-18;14-5-9(6-15)7-17-8-11-12(16-17)3-4-18(13(11)19)10-1-2-10;/h1-4,7-10,14H,5-6,11-12H2;1-4,7-9,12,14H,5-6,10-11H2;3-5,7,10H,1-2,6,8,15H2;3-5,8,10H,1-2,6-7,15H2;1H/b13-9+;13-9-;2*9-5+;. The molecule has 6 aliphatic rings. The molecule has 0 spiro atoms. The van der Waals surface area contributed by atoms with Gasteiger partial charge in [-0.05, 0) is 122 Å². The topological polar surface area (TPSA) is 286 Å². The number of amides is 4. The van der Waals surface area contributed by atoms with E-state index >= 15 is 0 Å². The van der Waals surface area contributed by atoms with E-state index in [0.717, 1.165) is 66.7 Å². The van der Waals surface area contributed by atoms with E-state index < -0.39 is 23.6 Å². The maximum atomic E-state index is 13.6. The quantitative estimate of drug-likeness (QED) is 0.0602. The number of rotatable bonds is 18. The number of pyridine rings is 4. The number of carbonyl (C=O) groups excluding carboxylic acids is 4. The van der Waals surface area contributed by atoms with Gasteiger partial charge in [0.1, 0.15) is 0 Å². The Balaban J connectivity index is 0.000000125. The second kappa shape index (κ2) is 27.9. The number of halogens is 5. The molecular formula is C68H65ClF4N16O8. The number of aromatic nitrogens is 12. The van der Waals surface area contributed by atoms with Crippen molar-refractivity contribution in [2.75, 3.05) is 26.2 Å².